The Kier molecular flexibility index (Phi) is 3.28. The van der Waals surface area contributed by atoms with Gasteiger partial charge in [0.05, 0.1) is 6.07 Å². The van der Waals surface area contributed by atoms with Crippen molar-refractivity contribution in [2.75, 3.05) is 0 Å². The van der Waals surface area contributed by atoms with E-state index in [-0.39, 0.29) is 11.8 Å². The number of hydrogen-bond donors (Lipinski definition) is 0. The topological polar surface area (TPSA) is 62.7 Å². The molecule has 1 heterocycles. The van der Waals surface area contributed by atoms with Crippen LogP contribution >= 0.6 is 0 Å². The quantitative estimate of drug-likeness (QED) is 0.833. The minimum absolute atomic E-state index is 0.00321. The molecule has 0 aromatic carbocycles. The van der Waals surface area contributed by atoms with E-state index in [4.69, 9.17) is 5.26 Å². The predicted molar refractivity (Wildman–Crippen MR) is 54.2 cm³/mol. The zero-order chi connectivity index (χ0) is 13.3. The fourth-order valence-corrected chi connectivity index (χ4v) is 2.18. The molecule has 4 nitrogen and oxygen atoms in total. The molecule has 0 spiro atoms. The third-order valence-corrected chi connectivity index (χ3v) is 3.23. The fourth-order valence-electron chi connectivity index (χ4n) is 2.18. The van der Waals surface area contributed by atoms with Gasteiger partial charge >= 0.3 is 6.18 Å². The van der Waals surface area contributed by atoms with Crippen molar-refractivity contribution in [2.45, 2.75) is 38.3 Å². The maximum absolute atomic E-state index is 12.4. The van der Waals surface area contributed by atoms with Crippen LogP contribution in [0.4, 0.5) is 13.2 Å². The summed E-state index contributed by atoms with van der Waals surface area (Å²) < 4.78 is 41.7. The maximum Gasteiger partial charge on any atom is 0.455 e. The first-order chi connectivity index (χ1) is 8.47. The van der Waals surface area contributed by atoms with E-state index in [1.54, 1.807) is 0 Å². The van der Waals surface area contributed by atoms with E-state index >= 15 is 0 Å². The van der Waals surface area contributed by atoms with Crippen LogP contribution in [-0.2, 0) is 6.18 Å². The number of rotatable bonds is 4. The summed E-state index contributed by atoms with van der Waals surface area (Å²) in [5.41, 5.74) is 0. The molecule has 1 aromatic heterocycles. The van der Waals surface area contributed by atoms with E-state index in [1.807, 2.05) is 13.0 Å². The van der Waals surface area contributed by atoms with Gasteiger partial charge in [-0.2, -0.15) is 23.4 Å². The standard InChI is InChI=1S/C11H12F3N3O/c1-2-7(6-3-4-6)8(5-15)9-16-10(17-18-9)11(12,13)14/h6-8H,2-4H2,1H3/t7-,8?/m0/s1. The summed E-state index contributed by atoms with van der Waals surface area (Å²) in [5.74, 6) is -1.89. The third kappa shape index (κ3) is 2.47. The molecule has 1 fully saturated rings. The highest BCUT2D eigenvalue weighted by molar-refractivity contribution is 5.11. The summed E-state index contributed by atoms with van der Waals surface area (Å²) in [6.07, 6.45) is -1.90. The Bertz CT molecular complexity index is 459. The summed E-state index contributed by atoms with van der Waals surface area (Å²) in [6.45, 7) is 1.91. The Labute approximate surface area is 102 Å². The Morgan fingerprint density at radius 3 is 2.56 bits per heavy atom. The second kappa shape index (κ2) is 4.59. The van der Waals surface area contributed by atoms with Crippen LogP contribution in [0.1, 0.15) is 43.8 Å². The van der Waals surface area contributed by atoms with Crippen LogP contribution in [0.3, 0.4) is 0 Å². The lowest BCUT2D eigenvalue weighted by atomic mass is 9.87. The first kappa shape index (κ1) is 12.9. The van der Waals surface area contributed by atoms with Crippen LogP contribution in [0.15, 0.2) is 4.52 Å². The van der Waals surface area contributed by atoms with Gasteiger partial charge < -0.3 is 4.52 Å². The lowest BCUT2D eigenvalue weighted by Gasteiger charge is -2.16. The highest BCUT2D eigenvalue weighted by atomic mass is 19.4. The van der Waals surface area contributed by atoms with Crippen LogP contribution in [-0.4, -0.2) is 10.1 Å². The number of hydrogen-bond acceptors (Lipinski definition) is 4. The van der Waals surface area contributed by atoms with E-state index in [0.717, 1.165) is 12.8 Å². The molecule has 2 rings (SSSR count). The van der Waals surface area contributed by atoms with E-state index < -0.39 is 17.9 Å². The summed E-state index contributed by atoms with van der Waals surface area (Å²) in [7, 11) is 0. The van der Waals surface area contributed by atoms with Crippen molar-refractivity contribution in [3.63, 3.8) is 0 Å². The van der Waals surface area contributed by atoms with Crippen molar-refractivity contribution >= 4 is 0 Å². The molecule has 0 N–H and O–H groups in total. The number of nitriles is 1. The fraction of sp³-hybridized carbons (Fsp3) is 0.727. The molecule has 7 heteroatoms. The highest BCUT2D eigenvalue weighted by Crippen LogP contribution is 2.45. The number of alkyl halides is 3. The van der Waals surface area contributed by atoms with Crippen molar-refractivity contribution in [1.29, 1.82) is 5.26 Å². The molecule has 0 amide bonds. The third-order valence-electron chi connectivity index (χ3n) is 3.23. The minimum atomic E-state index is -4.64. The van der Waals surface area contributed by atoms with Crippen molar-refractivity contribution in [1.82, 2.24) is 10.1 Å². The number of aromatic nitrogens is 2. The van der Waals surface area contributed by atoms with Gasteiger partial charge in [0.15, 0.2) is 0 Å². The predicted octanol–water partition coefficient (Wildman–Crippen LogP) is 3.13. The van der Waals surface area contributed by atoms with Gasteiger partial charge in [-0.3, -0.25) is 0 Å². The monoisotopic (exact) mass is 259 g/mol. The van der Waals surface area contributed by atoms with Gasteiger partial charge in [-0.15, -0.1) is 0 Å². The lowest BCUT2D eigenvalue weighted by Crippen LogP contribution is -2.14. The van der Waals surface area contributed by atoms with Gasteiger partial charge in [-0.05, 0) is 24.7 Å². The van der Waals surface area contributed by atoms with Crippen molar-refractivity contribution in [3.8, 4) is 6.07 Å². The molecule has 1 aliphatic rings. The molecule has 18 heavy (non-hydrogen) atoms. The first-order valence-corrected chi connectivity index (χ1v) is 5.77. The van der Waals surface area contributed by atoms with Crippen LogP contribution in [0, 0.1) is 23.2 Å². The van der Waals surface area contributed by atoms with Gasteiger partial charge in [-0.1, -0.05) is 18.5 Å². The number of halogens is 3. The zero-order valence-electron chi connectivity index (χ0n) is 9.74. The maximum atomic E-state index is 12.4. The highest BCUT2D eigenvalue weighted by Gasteiger charge is 2.42. The minimum Gasteiger partial charge on any atom is -0.338 e. The summed E-state index contributed by atoms with van der Waals surface area (Å²) in [6, 6.07) is 1.99. The van der Waals surface area contributed by atoms with E-state index in [0.29, 0.717) is 12.3 Å². The smallest absolute Gasteiger partial charge is 0.338 e. The largest absolute Gasteiger partial charge is 0.455 e. The Morgan fingerprint density at radius 2 is 2.17 bits per heavy atom. The molecule has 0 aliphatic heterocycles. The SMILES string of the molecule is CC[C@@H](C1CC1)C(C#N)c1nc(C(F)(F)F)no1. The Morgan fingerprint density at radius 1 is 1.50 bits per heavy atom. The average Bonchev–Trinajstić information content (AvgIpc) is 3.00. The van der Waals surface area contributed by atoms with Gasteiger partial charge in [0.2, 0.25) is 5.89 Å². The van der Waals surface area contributed by atoms with Crippen molar-refractivity contribution in [2.24, 2.45) is 11.8 Å². The second-order valence-electron chi connectivity index (χ2n) is 4.47. The lowest BCUT2D eigenvalue weighted by molar-refractivity contribution is -0.146. The summed E-state index contributed by atoms with van der Waals surface area (Å²) in [4.78, 5) is 3.31. The van der Waals surface area contributed by atoms with E-state index in [1.165, 1.54) is 0 Å². The van der Waals surface area contributed by atoms with E-state index in [2.05, 4.69) is 14.7 Å². The van der Waals surface area contributed by atoms with Gasteiger partial charge in [-0.25, -0.2) is 0 Å². The molecule has 0 saturated heterocycles. The molecule has 0 radical (unpaired) electrons. The Hall–Kier alpha value is -1.58. The first-order valence-electron chi connectivity index (χ1n) is 5.77. The second-order valence-corrected chi connectivity index (χ2v) is 4.47. The zero-order valence-corrected chi connectivity index (χ0v) is 9.74. The molecular weight excluding hydrogens is 247 g/mol. The van der Waals surface area contributed by atoms with Crippen LogP contribution in [0.2, 0.25) is 0 Å². The molecule has 2 atom stereocenters. The molecule has 1 aliphatic carbocycles. The number of nitrogens with zero attached hydrogens (tertiary/aromatic N) is 3. The van der Waals surface area contributed by atoms with Gasteiger partial charge in [0.25, 0.3) is 5.82 Å². The molecular formula is C11H12F3N3O. The molecule has 1 aromatic rings. The molecule has 1 unspecified atom stereocenters. The molecule has 98 valence electrons. The molecule has 0 bridgehead atoms. The van der Waals surface area contributed by atoms with Gasteiger partial charge in [0.1, 0.15) is 5.92 Å². The van der Waals surface area contributed by atoms with Crippen LogP contribution in [0.25, 0.3) is 0 Å². The van der Waals surface area contributed by atoms with Crippen molar-refractivity contribution < 1.29 is 17.7 Å². The van der Waals surface area contributed by atoms with E-state index in [9.17, 15) is 13.2 Å². The summed E-state index contributed by atoms with van der Waals surface area (Å²) >= 11 is 0. The van der Waals surface area contributed by atoms with Crippen LogP contribution < -0.4 is 0 Å². The van der Waals surface area contributed by atoms with Crippen LogP contribution in [0.5, 0.6) is 0 Å². The summed E-state index contributed by atoms with van der Waals surface area (Å²) in [5, 5.41) is 12.0. The average molecular weight is 259 g/mol. The van der Waals surface area contributed by atoms with Gasteiger partial charge in [0, 0.05) is 0 Å². The normalized spacial score (nSPS) is 19.3. The molecule has 1 saturated carbocycles. The Balaban J connectivity index is 2.22. The van der Waals surface area contributed by atoms with Crippen molar-refractivity contribution in [3.05, 3.63) is 11.7 Å².